The Hall–Kier alpha value is -3.29. The maximum Gasteiger partial charge on any atom is 0.416 e. The van der Waals surface area contributed by atoms with E-state index in [-0.39, 0.29) is 23.4 Å². The molecule has 0 bridgehead atoms. The first-order chi connectivity index (χ1) is 12.2. The summed E-state index contributed by atoms with van der Waals surface area (Å²) in [6.45, 7) is 0. The van der Waals surface area contributed by atoms with Gasteiger partial charge in [0.15, 0.2) is 11.5 Å². The maximum absolute atomic E-state index is 12.8. The van der Waals surface area contributed by atoms with E-state index in [0.29, 0.717) is 10.5 Å². The van der Waals surface area contributed by atoms with E-state index in [2.05, 4.69) is 0 Å². The van der Waals surface area contributed by atoms with Crippen molar-refractivity contribution in [1.29, 1.82) is 0 Å². The fourth-order valence-electron chi connectivity index (χ4n) is 2.60. The largest absolute Gasteiger partial charge is 0.504 e. The van der Waals surface area contributed by atoms with Crippen LogP contribution in [-0.4, -0.2) is 22.0 Å². The van der Waals surface area contributed by atoms with Crippen molar-refractivity contribution in [2.45, 2.75) is 12.6 Å². The number of halogens is 3. The summed E-state index contributed by atoms with van der Waals surface area (Å²) in [4.78, 5) is 25.3. The first-order valence-corrected chi connectivity index (χ1v) is 7.44. The molecule has 26 heavy (non-hydrogen) atoms. The summed E-state index contributed by atoms with van der Waals surface area (Å²) in [5.74, 6) is -2.12. The number of alkyl halides is 3. The Labute approximate surface area is 145 Å². The highest BCUT2D eigenvalue weighted by Crippen LogP contribution is 2.34. The lowest BCUT2D eigenvalue weighted by atomic mass is 10.1. The van der Waals surface area contributed by atoms with Gasteiger partial charge < -0.3 is 10.2 Å². The number of aromatic hydroxyl groups is 2. The Morgan fingerprint density at radius 1 is 1.00 bits per heavy atom. The van der Waals surface area contributed by atoms with Gasteiger partial charge in [-0.3, -0.25) is 9.59 Å². The lowest BCUT2D eigenvalue weighted by molar-refractivity contribution is -0.137. The molecule has 2 N–H and O–H groups in total. The number of imide groups is 1. The number of nitrogens with zero attached hydrogens (tertiary/aromatic N) is 1. The van der Waals surface area contributed by atoms with Crippen LogP contribution in [0.1, 0.15) is 17.5 Å². The predicted octanol–water partition coefficient (Wildman–Crippen LogP) is 3.46. The second-order valence-corrected chi connectivity index (χ2v) is 5.68. The zero-order valence-corrected chi connectivity index (χ0v) is 13.1. The Kier molecular flexibility index (Phi) is 4.19. The van der Waals surface area contributed by atoms with E-state index in [4.69, 9.17) is 0 Å². The van der Waals surface area contributed by atoms with Crippen LogP contribution in [0.3, 0.4) is 0 Å². The van der Waals surface area contributed by atoms with Crippen molar-refractivity contribution in [2.75, 3.05) is 4.90 Å². The molecule has 1 fully saturated rings. The lowest BCUT2D eigenvalue weighted by Crippen LogP contribution is -2.29. The van der Waals surface area contributed by atoms with Gasteiger partial charge in [-0.2, -0.15) is 13.2 Å². The number of carbonyl (C=O) groups excluding carboxylic acids is 2. The molecule has 8 heteroatoms. The second kappa shape index (κ2) is 6.21. The van der Waals surface area contributed by atoms with Gasteiger partial charge in [0.05, 0.1) is 17.7 Å². The van der Waals surface area contributed by atoms with Crippen molar-refractivity contribution in [3.63, 3.8) is 0 Å². The summed E-state index contributed by atoms with van der Waals surface area (Å²) < 4.78 is 38.5. The average molecular weight is 363 g/mol. The van der Waals surface area contributed by atoms with E-state index in [1.54, 1.807) is 0 Å². The molecule has 0 atom stereocenters. The summed E-state index contributed by atoms with van der Waals surface area (Å²) in [7, 11) is 0. The van der Waals surface area contributed by atoms with Crippen LogP contribution in [0.15, 0.2) is 48.0 Å². The minimum atomic E-state index is -4.59. The van der Waals surface area contributed by atoms with E-state index in [1.165, 1.54) is 30.3 Å². The minimum Gasteiger partial charge on any atom is -0.504 e. The maximum atomic E-state index is 12.8. The molecule has 3 rings (SSSR count). The van der Waals surface area contributed by atoms with Crippen LogP contribution < -0.4 is 4.90 Å². The molecule has 134 valence electrons. The number of rotatable bonds is 2. The quantitative estimate of drug-likeness (QED) is 0.487. The molecule has 1 heterocycles. The fourth-order valence-corrected chi connectivity index (χ4v) is 2.60. The van der Waals surface area contributed by atoms with Gasteiger partial charge in [-0.25, -0.2) is 4.90 Å². The van der Waals surface area contributed by atoms with E-state index >= 15 is 0 Å². The van der Waals surface area contributed by atoms with Crippen LogP contribution in [0.5, 0.6) is 11.5 Å². The molecule has 2 amide bonds. The summed E-state index contributed by atoms with van der Waals surface area (Å²) in [5.41, 5.74) is -0.692. The van der Waals surface area contributed by atoms with Crippen molar-refractivity contribution in [1.82, 2.24) is 0 Å². The Morgan fingerprint density at radius 3 is 2.38 bits per heavy atom. The molecular weight excluding hydrogens is 351 g/mol. The molecule has 0 aliphatic carbocycles. The van der Waals surface area contributed by atoms with Gasteiger partial charge in [0.1, 0.15) is 0 Å². The van der Waals surface area contributed by atoms with E-state index in [0.717, 1.165) is 18.2 Å². The van der Waals surface area contributed by atoms with Crippen molar-refractivity contribution in [3.05, 3.63) is 59.2 Å². The number of anilines is 1. The van der Waals surface area contributed by atoms with Crippen molar-refractivity contribution >= 4 is 23.6 Å². The van der Waals surface area contributed by atoms with Gasteiger partial charge in [-0.1, -0.05) is 12.1 Å². The van der Waals surface area contributed by atoms with Gasteiger partial charge >= 0.3 is 6.18 Å². The first kappa shape index (κ1) is 17.5. The molecule has 0 saturated carbocycles. The standard InChI is InChI=1S/C18H12F3NO4/c19-18(20,21)12-2-1-3-13(9-12)22-16(25)8-11(17(22)26)6-10-4-5-14(23)15(24)7-10/h1-7,9,23-24H,8H2/b11-6-. The third-order valence-electron chi connectivity index (χ3n) is 3.84. The van der Waals surface area contributed by atoms with Gasteiger partial charge in [0.2, 0.25) is 5.91 Å². The minimum absolute atomic E-state index is 0.0671. The molecule has 1 saturated heterocycles. The number of hydrogen-bond acceptors (Lipinski definition) is 4. The van der Waals surface area contributed by atoms with Crippen molar-refractivity contribution in [2.24, 2.45) is 0 Å². The third kappa shape index (κ3) is 3.26. The van der Waals surface area contributed by atoms with Gasteiger partial charge in [-0.05, 0) is 42.0 Å². The van der Waals surface area contributed by atoms with Gasteiger partial charge in [-0.15, -0.1) is 0 Å². The number of phenolic OH excluding ortho intramolecular Hbond substituents is 2. The molecular formula is C18H12F3NO4. The number of benzene rings is 2. The molecule has 0 unspecified atom stereocenters. The second-order valence-electron chi connectivity index (χ2n) is 5.68. The molecule has 0 spiro atoms. The number of carbonyl (C=O) groups is 2. The molecule has 2 aromatic carbocycles. The van der Waals surface area contributed by atoms with Crippen LogP contribution in [0.4, 0.5) is 18.9 Å². The Balaban J connectivity index is 1.94. The van der Waals surface area contributed by atoms with Crippen LogP contribution in [0, 0.1) is 0 Å². The molecule has 0 radical (unpaired) electrons. The molecule has 1 aliphatic rings. The van der Waals surface area contributed by atoms with Crippen LogP contribution in [-0.2, 0) is 15.8 Å². The topological polar surface area (TPSA) is 77.8 Å². The highest BCUT2D eigenvalue weighted by atomic mass is 19.4. The summed E-state index contributed by atoms with van der Waals surface area (Å²) in [5, 5.41) is 18.8. The smallest absolute Gasteiger partial charge is 0.416 e. The zero-order valence-electron chi connectivity index (χ0n) is 13.1. The van der Waals surface area contributed by atoms with E-state index in [1.807, 2.05) is 0 Å². The SMILES string of the molecule is O=C1C/C(=C/c2ccc(O)c(O)c2)C(=O)N1c1cccc(C(F)(F)F)c1. The van der Waals surface area contributed by atoms with Crippen molar-refractivity contribution in [3.8, 4) is 11.5 Å². The van der Waals surface area contributed by atoms with Crippen LogP contribution >= 0.6 is 0 Å². The average Bonchev–Trinajstić information content (AvgIpc) is 2.84. The number of amides is 2. The summed E-state index contributed by atoms with van der Waals surface area (Å²) in [6.07, 6.45) is -3.53. The highest BCUT2D eigenvalue weighted by Gasteiger charge is 2.37. The zero-order chi connectivity index (χ0) is 19.1. The van der Waals surface area contributed by atoms with E-state index < -0.39 is 29.3 Å². The van der Waals surface area contributed by atoms with Crippen molar-refractivity contribution < 1.29 is 33.0 Å². The monoisotopic (exact) mass is 363 g/mol. The Bertz CT molecular complexity index is 934. The highest BCUT2D eigenvalue weighted by molar-refractivity contribution is 6.29. The van der Waals surface area contributed by atoms with Gasteiger partial charge in [0, 0.05) is 5.57 Å². The molecule has 2 aromatic rings. The predicted molar refractivity (Wildman–Crippen MR) is 86.3 cm³/mol. The fraction of sp³-hybridized carbons (Fsp3) is 0.111. The summed E-state index contributed by atoms with van der Waals surface area (Å²) in [6, 6.07) is 7.81. The lowest BCUT2D eigenvalue weighted by Gasteiger charge is -2.15. The number of hydrogen-bond donors (Lipinski definition) is 2. The van der Waals surface area contributed by atoms with E-state index in [9.17, 15) is 33.0 Å². The Morgan fingerprint density at radius 2 is 1.73 bits per heavy atom. The number of phenols is 2. The first-order valence-electron chi connectivity index (χ1n) is 7.44. The van der Waals surface area contributed by atoms with Crippen LogP contribution in [0.2, 0.25) is 0 Å². The van der Waals surface area contributed by atoms with Gasteiger partial charge in [0.25, 0.3) is 5.91 Å². The van der Waals surface area contributed by atoms with Crippen LogP contribution in [0.25, 0.3) is 6.08 Å². The molecule has 0 aromatic heterocycles. The molecule has 1 aliphatic heterocycles. The molecule has 5 nitrogen and oxygen atoms in total. The normalized spacial score (nSPS) is 16.6. The third-order valence-corrected chi connectivity index (χ3v) is 3.84. The summed E-state index contributed by atoms with van der Waals surface area (Å²) >= 11 is 0.